The van der Waals surface area contributed by atoms with E-state index < -0.39 is 0 Å². The number of carbonyl (C=O) groups excluding carboxylic acids is 1. The quantitative estimate of drug-likeness (QED) is 0.816. The van der Waals surface area contributed by atoms with Crippen LogP contribution in [0.4, 0.5) is 0 Å². The molecule has 0 unspecified atom stereocenters. The number of rotatable bonds is 3. The molecule has 28 heavy (non-hydrogen) atoms. The molecule has 150 valence electrons. The lowest BCUT2D eigenvalue weighted by atomic mass is 9.81. The molecule has 0 aliphatic carbocycles. The van der Waals surface area contributed by atoms with Crippen molar-refractivity contribution in [3.05, 3.63) is 47.3 Å². The van der Waals surface area contributed by atoms with Gasteiger partial charge in [0, 0.05) is 38.1 Å². The van der Waals surface area contributed by atoms with Crippen molar-refractivity contribution in [2.75, 3.05) is 26.8 Å². The topological polar surface area (TPSA) is 56.6 Å². The predicted octanol–water partition coefficient (Wildman–Crippen LogP) is 3.29. The van der Waals surface area contributed by atoms with Gasteiger partial charge in [0.2, 0.25) is 0 Å². The molecule has 0 radical (unpaired) electrons. The van der Waals surface area contributed by atoms with Crippen LogP contribution in [0.15, 0.2) is 30.3 Å². The number of carbonyl (C=O) groups is 1. The molecular weight excluding hydrogens is 354 g/mol. The Kier molecular flexibility index (Phi) is 5.25. The van der Waals surface area contributed by atoms with Crippen molar-refractivity contribution < 1.29 is 14.3 Å². The van der Waals surface area contributed by atoms with E-state index in [0.717, 1.165) is 49.4 Å². The van der Waals surface area contributed by atoms with Crippen molar-refractivity contribution in [1.29, 1.82) is 0 Å². The summed E-state index contributed by atoms with van der Waals surface area (Å²) in [6.07, 6.45) is 3.89. The number of ether oxygens (including phenoxy) is 2. The van der Waals surface area contributed by atoms with Crippen LogP contribution in [0.25, 0.3) is 5.69 Å². The standard InChI is InChI=1S/C22H29N3O3/c1-16-15-17(2)25(23-16)19-8-6-18(7-9-19)21(26)24-12-10-22(11-13-24)20(27-3)5-4-14-28-22/h6-9,15,20H,4-5,10-14H2,1-3H3/t20-/m0/s1. The summed E-state index contributed by atoms with van der Waals surface area (Å²) < 4.78 is 13.7. The second kappa shape index (κ2) is 7.68. The third-order valence-electron chi connectivity index (χ3n) is 6.14. The second-order valence-electron chi connectivity index (χ2n) is 7.96. The first kappa shape index (κ1) is 19.2. The van der Waals surface area contributed by atoms with Crippen molar-refractivity contribution in [2.24, 2.45) is 0 Å². The minimum atomic E-state index is -0.219. The maximum absolute atomic E-state index is 13.0. The molecule has 2 fully saturated rings. The van der Waals surface area contributed by atoms with Crippen molar-refractivity contribution in [1.82, 2.24) is 14.7 Å². The van der Waals surface area contributed by atoms with Gasteiger partial charge in [-0.25, -0.2) is 4.68 Å². The molecule has 2 aromatic rings. The minimum absolute atomic E-state index is 0.0829. The third-order valence-corrected chi connectivity index (χ3v) is 6.14. The fourth-order valence-electron chi connectivity index (χ4n) is 4.61. The fraction of sp³-hybridized carbons (Fsp3) is 0.545. The van der Waals surface area contributed by atoms with Crippen LogP contribution in [0, 0.1) is 13.8 Å². The SMILES string of the molecule is CO[C@H]1CCCOC12CCN(C(=O)c1ccc(-n3nc(C)cc3C)cc1)CC2. The maximum atomic E-state index is 13.0. The Morgan fingerprint density at radius 1 is 1.21 bits per heavy atom. The van der Waals surface area contributed by atoms with Crippen LogP contribution in [0.5, 0.6) is 0 Å². The van der Waals surface area contributed by atoms with Gasteiger partial charge >= 0.3 is 0 Å². The van der Waals surface area contributed by atoms with Crippen molar-refractivity contribution in [3.63, 3.8) is 0 Å². The zero-order valence-corrected chi connectivity index (χ0v) is 17.0. The first-order valence-electron chi connectivity index (χ1n) is 10.1. The van der Waals surface area contributed by atoms with Gasteiger partial charge in [-0.2, -0.15) is 5.10 Å². The van der Waals surface area contributed by atoms with Crippen molar-refractivity contribution in [2.45, 2.75) is 51.2 Å². The lowest BCUT2D eigenvalue weighted by molar-refractivity contribution is -0.183. The molecule has 6 nitrogen and oxygen atoms in total. The van der Waals surface area contributed by atoms with Crippen LogP contribution in [-0.4, -0.2) is 59.1 Å². The molecule has 0 saturated carbocycles. The number of aromatic nitrogens is 2. The molecule has 1 aromatic carbocycles. The summed E-state index contributed by atoms with van der Waals surface area (Å²) in [6, 6.07) is 9.76. The largest absolute Gasteiger partial charge is 0.378 e. The Morgan fingerprint density at radius 3 is 2.54 bits per heavy atom. The molecule has 2 aliphatic rings. The van der Waals surface area contributed by atoms with Crippen LogP contribution < -0.4 is 0 Å². The monoisotopic (exact) mass is 383 g/mol. The molecule has 1 amide bonds. The third kappa shape index (κ3) is 3.47. The van der Waals surface area contributed by atoms with Gasteiger partial charge in [0.1, 0.15) is 0 Å². The normalized spacial score (nSPS) is 21.8. The highest BCUT2D eigenvalue weighted by atomic mass is 16.5. The molecular formula is C22H29N3O3. The number of aryl methyl sites for hydroxylation is 2. The predicted molar refractivity (Wildman–Crippen MR) is 107 cm³/mol. The first-order chi connectivity index (χ1) is 13.5. The van der Waals surface area contributed by atoms with Gasteiger partial charge in [0.15, 0.2) is 0 Å². The van der Waals surface area contributed by atoms with Crippen molar-refractivity contribution in [3.8, 4) is 5.69 Å². The summed E-state index contributed by atoms with van der Waals surface area (Å²) in [5, 5.41) is 4.50. The summed E-state index contributed by atoms with van der Waals surface area (Å²) in [7, 11) is 1.77. The number of hydrogen-bond donors (Lipinski definition) is 0. The van der Waals surface area contributed by atoms with E-state index in [-0.39, 0.29) is 17.6 Å². The van der Waals surface area contributed by atoms with Crippen LogP contribution in [0.3, 0.4) is 0 Å². The maximum Gasteiger partial charge on any atom is 0.253 e. The summed E-state index contributed by atoms with van der Waals surface area (Å²) in [4.78, 5) is 14.9. The highest BCUT2D eigenvalue weighted by Gasteiger charge is 2.45. The Bertz CT molecular complexity index is 835. The molecule has 3 heterocycles. The smallest absolute Gasteiger partial charge is 0.253 e. The summed E-state index contributed by atoms with van der Waals surface area (Å²) >= 11 is 0. The van der Waals surface area contributed by atoms with E-state index in [1.165, 1.54) is 0 Å². The lowest BCUT2D eigenvalue weighted by Crippen LogP contribution is -2.56. The number of likely N-dealkylation sites (tertiary alicyclic amines) is 1. The number of methoxy groups -OCH3 is 1. The summed E-state index contributed by atoms with van der Waals surface area (Å²) in [5.41, 5.74) is 3.54. The molecule has 1 aromatic heterocycles. The Hall–Kier alpha value is -2.18. The van der Waals surface area contributed by atoms with Crippen molar-refractivity contribution >= 4 is 5.91 Å². The average molecular weight is 383 g/mol. The second-order valence-corrected chi connectivity index (χ2v) is 7.96. The zero-order chi connectivity index (χ0) is 19.7. The van der Waals surface area contributed by atoms with Gasteiger partial charge in [-0.15, -0.1) is 0 Å². The van der Waals surface area contributed by atoms with Crippen LogP contribution >= 0.6 is 0 Å². The highest BCUT2D eigenvalue weighted by Crippen LogP contribution is 2.37. The first-order valence-corrected chi connectivity index (χ1v) is 10.1. The van der Waals surface area contributed by atoms with E-state index >= 15 is 0 Å². The molecule has 6 heteroatoms. The number of benzene rings is 1. The number of piperidine rings is 1. The number of nitrogens with zero attached hydrogens (tertiary/aromatic N) is 3. The number of hydrogen-bond acceptors (Lipinski definition) is 4. The molecule has 0 N–H and O–H groups in total. The van der Waals surface area contributed by atoms with E-state index in [1.54, 1.807) is 7.11 Å². The molecule has 1 spiro atoms. The Labute approximate surface area is 166 Å². The Morgan fingerprint density at radius 2 is 1.93 bits per heavy atom. The van der Waals surface area contributed by atoms with Gasteiger partial charge in [0.05, 0.1) is 23.1 Å². The van der Waals surface area contributed by atoms with Gasteiger partial charge < -0.3 is 14.4 Å². The van der Waals surface area contributed by atoms with Gasteiger partial charge in [-0.3, -0.25) is 4.79 Å². The summed E-state index contributed by atoms with van der Waals surface area (Å²) in [5.74, 6) is 0.0829. The summed E-state index contributed by atoms with van der Waals surface area (Å²) in [6.45, 7) is 6.22. The fourth-order valence-corrected chi connectivity index (χ4v) is 4.61. The Balaban J connectivity index is 1.43. The van der Waals surface area contributed by atoms with Crippen LogP contribution in [0.2, 0.25) is 0 Å². The van der Waals surface area contributed by atoms with Crippen LogP contribution in [0.1, 0.15) is 47.4 Å². The van der Waals surface area contributed by atoms with E-state index in [0.29, 0.717) is 18.7 Å². The highest BCUT2D eigenvalue weighted by molar-refractivity contribution is 5.94. The van der Waals surface area contributed by atoms with Gasteiger partial charge in [-0.05, 0) is 69.9 Å². The number of amides is 1. The van der Waals surface area contributed by atoms with E-state index in [2.05, 4.69) is 5.10 Å². The molecule has 2 aliphatic heterocycles. The zero-order valence-electron chi connectivity index (χ0n) is 17.0. The van der Waals surface area contributed by atoms with Gasteiger partial charge in [-0.1, -0.05) is 0 Å². The molecule has 2 saturated heterocycles. The van der Waals surface area contributed by atoms with E-state index in [1.807, 2.05) is 53.8 Å². The minimum Gasteiger partial charge on any atom is -0.378 e. The molecule has 4 rings (SSSR count). The van der Waals surface area contributed by atoms with E-state index in [4.69, 9.17) is 9.47 Å². The molecule has 0 bridgehead atoms. The molecule has 1 atom stereocenters. The van der Waals surface area contributed by atoms with E-state index in [9.17, 15) is 4.79 Å². The van der Waals surface area contributed by atoms with Gasteiger partial charge in [0.25, 0.3) is 5.91 Å². The van der Waals surface area contributed by atoms with Crippen LogP contribution in [-0.2, 0) is 9.47 Å². The average Bonchev–Trinajstić information content (AvgIpc) is 3.06. The lowest BCUT2D eigenvalue weighted by Gasteiger charge is -2.48.